The van der Waals surface area contributed by atoms with E-state index >= 15 is 8.78 Å². The van der Waals surface area contributed by atoms with E-state index in [4.69, 9.17) is 33.2 Å². The third-order valence-corrected chi connectivity index (χ3v) is 8.74. The molecule has 43 heavy (non-hydrogen) atoms. The largest absolute Gasteiger partial charge is 0.497 e. The van der Waals surface area contributed by atoms with Gasteiger partial charge in [0.05, 0.1) is 27.0 Å². The molecule has 2 heterocycles. The summed E-state index contributed by atoms with van der Waals surface area (Å²) in [7, 11) is 2.78. The summed E-state index contributed by atoms with van der Waals surface area (Å²) in [6.45, 7) is -6.70. The van der Waals surface area contributed by atoms with Gasteiger partial charge in [-0.1, -0.05) is 0 Å². The summed E-state index contributed by atoms with van der Waals surface area (Å²) in [5.74, 6) is -6.45. The standard InChI is InChI=1S/C24H23F5N3O9PS/c1-36-13-3-7-15(8-4-13)40-42(35,43-41-16-9-5-14(37-2)6-10-16)38-12-23(21(26)27)24(28,29)18(33)20(39-23)32-11-17(25)19(30)31-22(32)34/h3-11,18,20-21,33H,12H2,1-2H3,(H2,30,31,34)/t18-,20+,23-,42?/m0/s1. The minimum absolute atomic E-state index is 0.00438. The molecule has 0 bridgehead atoms. The number of hydrogen-bond donors (Lipinski definition) is 2. The Bertz CT molecular complexity index is 1530. The highest BCUT2D eigenvalue weighted by Crippen LogP contribution is 2.62. The van der Waals surface area contributed by atoms with Crippen LogP contribution in [0.25, 0.3) is 0 Å². The summed E-state index contributed by atoms with van der Waals surface area (Å²) >= 11 is -0.00438. The molecule has 1 fully saturated rings. The maximum absolute atomic E-state index is 15.4. The molecule has 0 aliphatic carbocycles. The van der Waals surface area contributed by atoms with Crippen molar-refractivity contribution in [2.45, 2.75) is 30.3 Å². The average Bonchev–Trinajstić information content (AvgIpc) is 3.19. The Morgan fingerprint density at radius 1 is 1.07 bits per heavy atom. The third kappa shape index (κ3) is 6.52. The predicted octanol–water partition coefficient (Wildman–Crippen LogP) is 4.44. The lowest BCUT2D eigenvalue weighted by Gasteiger charge is -2.33. The van der Waals surface area contributed by atoms with Gasteiger partial charge in [-0.05, 0) is 48.5 Å². The van der Waals surface area contributed by atoms with Gasteiger partial charge in [0.1, 0.15) is 23.0 Å². The molecule has 0 amide bonds. The highest BCUT2D eigenvalue weighted by molar-refractivity contribution is 8.52. The molecule has 12 nitrogen and oxygen atoms in total. The van der Waals surface area contributed by atoms with Crippen LogP contribution in [0.2, 0.25) is 0 Å². The van der Waals surface area contributed by atoms with E-state index in [1.165, 1.54) is 62.8 Å². The summed E-state index contributed by atoms with van der Waals surface area (Å²) in [4.78, 5) is 15.2. The molecule has 0 saturated carbocycles. The first-order chi connectivity index (χ1) is 20.2. The zero-order chi connectivity index (χ0) is 31.6. The first-order valence-electron chi connectivity index (χ1n) is 11.9. The first-order valence-corrected chi connectivity index (χ1v) is 14.8. The van der Waals surface area contributed by atoms with Crippen molar-refractivity contribution in [3.63, 3.8) is 0 Å². The lowest BCUT2D eigenvalue weighted by atomic mass is 9.95. The second kappa shape index (κ2) is 12.6. The van der Waals surface area contributed by atoms with Crippen molar-refractivity contribution in [3.8, 4) is 23.0 Å². The molecule has 1 unspecified atom stereocenters. The van der Waals surface area contributed by atoms with Gasteiger partial charge in [0, 0.05) is 0 Å². The van der Waals surface area contributed by atoms with E-state index in [-0.39, 0.29) is 33.9 Å². The highest BCUT2D eigenvalue weighted by atomic mass is 32.7. The molecule has 1 saturated heterocycles. The van der Waals surface area contributed by atoms with Crippen LogP contribution in [0.3, 0.4) is 0 Å². The summed E-state index contributed by atoms with van der Waals surface area (Å²) in [5, 5.41) is 10.3. The smallest absolute Gasteiger partial charge is 0.478 e. The van der Waals surface area contributed by atoms with Crippen molar-refractivity contribution >= 4 is 24.3 Å². The van der Waals surface area contributed by atoms with E-state index in [9.17, 15) is 27.6 Å². The van der Waals surface area contributed by atoms with Crippen LogP contribution in [0.5, 0.6) is 23.0 Å². The fraction of sp³-hybridized carbons (Fsp3) is 0.333. The molecule has 0 spiro atoms. The molecule has 0 radical (unpaired) electrons. The maximum atomic E-state index is 15.4. The lowest BCUT2D eigenvalue weighted by molar-refractivity contribution is -0.241. The van der Waals surface area contributed by atoms with Gasteiger partial charge in [0.25, 0.3) is 6.43 Å². The van der Waals surface area contributed by atoms with Gasteiger partial charge in [0.15, 0.2) is 35.6 Å². The molecule has 234 valence electrons. The number of nitrogen functional groups attached to an aromatic ring is 1. The Labute approximate surface area is 243 Å². The van der Waals surface area contributed by atoms with E-state index in [0.29, 0.717) is 11.5 Å². The minimum atomic E-state index is -4.87. The van der Waals surface area contributed by atoms with Crippen molar-refractivity contribution in [2.75, 3.05) is 26.6 Å². The SMILES string of the molecule is COc1ccc(OSP(=O)(OC[C@@]2(C(F)F)O[C@@H](n3cc(F)c(N)nc3=O)[C@H](O)C2(F)F)Oc2ccc(OC)cc2)cc1. The number of aliphatic hydroxyl groups excluding tert-OH is 1. The molecule has 4 rings (SSSR count). The maximum Gasteiger partial charge on any atom is 0.478 e. The quantitative estimate of drug-likeness (QED) is 0.161. The van der Waals surface area contributed by atoms with Gasteiger partial charge < -0.3 is 33.8 Å². The van der Waals surface area contributed by atoms with Crippen molar-refractivity contribution in [2.24, 2.45) is 0 Å². The van der Waals surface area contributed by atoms with E-state index in [0.717, 1.165) is 0 Å². The van der Waals surface area contributed by atoms with E-state index in [1.54, 1.807) is 0 Å². The topological polar surface area (TPSA) is 154 Å². The number of nitrogens with zero attached hydrogens (tertiary/aromatic N) is 2. The zero-order valence-electron chi connectivity index (χ0n) is 22.1. The Balaban J connectivity index is 1.65. The van der Waals surface area contributed by atoms with Crippen LogP contribution in [0.15, 0.2) is 59.5 Å². The Hall–Kier alpha value is -3.57. The Kier molecular flexibility index (Phi) is 9.46. The molecule has 4 atom stereocenters. The minimum Gasteiger partial charge on any atom is -0.497 e. The van der Waals surface area contributed by atoms with Gasteiger partial charge in [-0.2, -0.15) is 13.8 Å². The van der Waals surface area contributed by atoms with Gasteiger partial charge in [0.2, 0.25) is 5.60 Å². The summed E-state index contributed by atoms with van der Waals surface area (Å²) in [6.07, 6.45) is -9.58. The molecular formula is C24H23F5N3O9PS. The van der Waals surface area contributed by atoms with E-state index in [2.05, 4.69) is 4.98 Å². The van der Waals surface area contributed by atoms with Crippen LogP contribution >= 0.6 is 18.5 Å². The Morgan fingerprint density at radius 2 is 1.60 bits per heavy atom. The van der Waals surface area contributed by atoms with Gasteiger partial charge in [-0.3, -0.25) is 9.09 Å². The van der Waals surface area contributed by atoms with Crippen LogP contribution in [-0.2, 0) is 13.8 Å². The number of halogens is 5. The molecule has 3 N–H and O–H groups in total. The molecular weight excluding hydrogens is 632 g/mol. The first kappa shape index (κ1) is 32.3. The second-order valence-corrected chi connectivity index (χ2v) is 12.2. The van der Waals surface area contributed by atoms with Gasteiger partial charge >= 0.3 is 18.4 Å². The van der Waals surface area contributed by atoms with Crippen molar-refractivity contribution in [1.29, 1.82) is 0 Å². The predicted molar refractivity (Wildman–Crippen MR) is 141 cm³/mol. The highest BCUT2D eigenvalue weighted by Gasteiger charge is 2.74. The molecule has 3 aromatic rings. The third-order valence-electron chi connectivity index (χ3n) is 6.10. The number of aliphatic hydroxyl groups is 1. The summed E-state index contributed by atoms with van der Waals surface area (Å²) < 4.78 is 118. The summed E-state index contributed by atoms with van der Waals surface area (Å²) in [5.41, 5.74) is -0.330. The lowest BCUT2D eigenvalue weighted by Crippen LogP contribution is -2.57. The fourth-order valence-electron chi connectivity index (χ4n) is 3.75. The van der Waals surface area contributed by atoms with Crippen LogP contribution in [-0.4, -0.2) is 59.5 Å². The normalized spacial score (nSPS) is 22.6. The van der Waals surface area contributed by atoms with Crippen molar-refractivity contribution < 1.29 is 59.1 Å². The Morgan fingerprint density at radius 3 is 2.14 bits per heavy atom. The molecule has 1 aliphatic rings. The second-order valence-electron chi connectivity index (χ2n) is 8.75. The molecule has 2 aromatic carbocycles. The number of aromatic nitrogens is 2. The van der Waals surface area contributed by atoms with Crippen LogP contribution in [0, 0.1) is 5.82 Å². The van der Waals surface area contributed by atoms with E-state index < -0.39 is 61.0 Å². The van der Waals surface area contributed by atoms with Gasteiger partial charge in [-0.15, -0.1) is 0 Å². The van der Waals surface area contributed by atoms with Crippen molar-refractivity contribution in [1.82, 2.24) is 9.55 Å². The van der Waals surface area contributed by atoms with Gasteiger partial charge in [-0.25, -0.2) is 22.5 Å². The molecule has 1 aromatic heterocycles. The number of anilines is 1. The number of benzene rings is 2. The van der Waals surface area contributed by atoms with Crippen LogP contribution < -0.4 is 29.6 Å². The average molecular weight is 655 g/mol. The molecule has 19 heteroatoms. The fourth-order valence-corrected chi connectivity index (χ4v) is 6.06. The number of hydrogen-bond acceptors (Lipinski definition) is 12. The zero-order valence-corrected chi connectivity index (χ0v) is 23.8. The van der Waals surface area contributed by atoms with Crippen LogP contribution in [0.1, 0.15) is 6.23 Å². The van der Waals surface area contributed by atoms with Crippen LogP contribution in [0.4, 0.5) is 27.8 Å². The number of methoxy groups -OCH3 is 2. The number of alkyl halides is 4. The number of rotatable bonds is 12. The molecule has 1 aliphatic heterocycles. The summed E-state index contributed by atoms with van der Waals surface area (Å²) in [6, 6.07) is 11.0. The number of ether oxygens (including phenoxy) is 3. The monoisotopic (exact) mass is 655 g/mol. The van der Waals surface area contributed by atoms with E-state index in [1.807, 2.05) is 0 Å². The van der Waals surface area contributed by atoms with Crippen molar-refractivity contribution in [3.05, 3.63) is 71.0 Å². The number of nitrogens with two attached hydrogens (primary N) is 1.